The zero-order valence-corrected chi connectivity index (χ0v) is 15.3. The van der Waals surface area contributed by atoms with Gasteiger partial charge in [0.25, 0.3) is 0 Å². The zero-order valence-electron chi connectivity index (χ0n) is 15.3. The van der Waals surface area contributed by atoms with Crippen molar-refractivity contribution in [1.82, 2.24) is 14.5 Å². The zero-order chi connectivity index (χ0) is 17.9. The Labute approximate surface area is 154 Å². The summed E-state index contributed by atoms with van der Waals surface area (Å²) in [5.41, 5.74) is 5.90. The van der Waals surface area contributed by atoms with E-state index in [0.717, 1.165) is 29.9 Å². The molecule has 2 aromatic heterocycles. The number of aromatic nitrogens is 3. The summed E-state index contributed by atoms with van der Waals surface area (Å²) in [5.74, 6) is 1.64. The van der Waals surface area contributed by atoms with Crippen LogP contribution >= 0.6 is 0 Å². The molecule has 0 unspecified atom stereocenters. The molecular formula is C23H23N3. The number of pyridine rings is 1. The van der Waals surface area contributed by atoms with Crippen molar-refractivity contribution in [1.29, 1.82) is 0 Å². The molecule has 26 heavy (non-hydrogen) atoms. The Morgan fingerprint density at radius 1 is 0.923 bits per heavy atom. The number of rotatable bonds is 5. The van der Waals surface area contributed by atoms with Gasteiger partial charge >= 0.3 is 0 Å². The molecule has 0 atom stereocenters. The van der Waals surface area contributed by atoms with E-state index in [0.29, 0.717) is 5.92 Å². The fraction of sp³-hybridized carbons (Fsp3) is 0.217. The van der Waals surface area contributed by atoms with E-state index in [1.54, 1.807) is 0 Å². The molecular weight excluding hydrogens is 318 g/mol. The lowest BCUT2D eigenvalue weighted by Gasteiger charge is -2.11. The van der Waals surface area contributed by atoms with Crippen LogP contribution in [0.5, 0.6) is 0 Å². The smallest absolute Gasteiger partial charge is 0.141 e. The molecule has 0 spiro atoms. The van der Waals surface area contributed by atoms with Gasteiger partial charge in [0.15, 0.2) is 0 Å². The molecule has 3 nitrogen and oxygen atoms in total. The second-order valence-electron chi connectivity index (χ2n) is 7.17. The molecule has 4 rings (SSSR count). The summed E-state index contributed by atoms with van der Waals surface area (Å²) in [4.78, 5) is 9.21. The van der Waals surface area contributed by atoms with Gasteiger partial charge < -0.3 is 4.57 Å². The van der Waals surface area contributed by atoms with Crippen molar-refractivity contribution in [2.45, 2.75) is 26.8 Å². The molecule has 0 fully saturated rings. The first kappa shape index (κ1) is 16.5. The summed E-state index contributed by atoms with van der Waals surface area (Å²) in [5, 5.41) is 0. The van der Waals surface area contributed by atoms with Crippen LogP contribution in [-0.2, 0) is 13.0 Å². The van der Waals surface area contributed by atoms with E-state index in [1.165, 1.54) is 16.6 Å². The summed E-state index contributed by atoms with van der Waals surface area (Å²) in [6.45, 7) is 5.28. The van der Waals surface area contributed by atoms with Gasteiger partial charge in [-0.25, -0.2) is 4.98 Å². The van der Waals surface area contributed by atoms with Gasteiger partial charge in [-0.2, -0.15) is 0 Å². The van der Waals surface area contributed by atoms with E-state index in [2.05, 4.69) is 71.9 Å². The van der Waals surface area contributed by atoms with Crippen LogP contribution in [0.4, 0.5) is 0 Å². The third-order valence-electron chi connectivity index (χ3n) is 4.55. The molecule has 0 aliphatic rings. The molecule has 0 radical (unpaired) electrons. The molecule has 2 aromatic carbocycles. The average Bonchev–Trinajstić information content (AvgIpc) is 3.01. The van der Waals surface area contributed by atoms with Crippen LogP contribution in [0.25, 0.3) is 22.4 Å². The summed E-state index contributed by atoms with van der Waals surface area (Å²) in [6, 6.07) is 21.2. The predicted octanol–water partition coefficient (Wildman–Crippen LogP) is 5.35. The van der Waals surface area contributed by atoms with Crippen molar-refractivity contribution < 1.29 is 0 Å². The molecule has 0 aliphatic heterocycles. The Hall–Kier alpha value is -2.94. The molecule has 2 heterocycles. The van der Waals surface area contributed by atoms with Crippen molar-refractivity contribution in [3.8, 4) is 11.4 Å². The van der Waals surface area contributed by atoms with Crippen molar-refractivity contribution in [2.24, 2.45) is 5.92 Å². The van der Waals surface area contributed by atoms with E-state index in [-0.39, 0.29) is 0 Å². The minimum Gasteiger partial charge on any atom is -0.319 e. The molecule has 130 valence electrons. The summed E-state index contributed by atoms with van der Waals surface area (Å²) < 4.78 is 2.31. The van der Waals surface area contributed by atoms with Gasteiger partial charge in [0.05, 0.1) is 17.6 Å². The van der Waals surface area contributed by atoms with Crippen LogP contribution in [0.15, 0.2) is 73.1 Å². The maximum absolute atomic E-state index is 4.94. The number of imidazole rings is 1. The summed E-state index contributed by atoms with van der Waals surface area (Å²) in [6.07, 6.45) is 4.82. The van der Waals surface area contributed by atoms with Crippen molar-refractivity contribution in [2.75, 3.05) is 0 Å². The Morgan fingerprint density at radius 2 is 1.77 bits per heavy atom. The number of benzene rings is 2. The van der Waals surface area contributed by atoms with Crippen LogP contribution in [0.3, 0.4) is 0 Å². The molecule has 0 amide bonds. The molecule has 0 bridgehead atoms. The van der Waals surface area contributed by atoms with Gasteiger partial charge in [0.1, 0.15) is 5.82 Å². The van der Waals surface area contributed by atoms with Crippen LogP contribution in [-0.4, -0.2) is 14.5 Å². The number of nitrogens with zero attached hydrogens (tertiary/aromatic N) is 3. The Bertz CT molecular complexity index is 1000. The highest BCUT2D eigenvalue weighted by molar-refractivity contribution is 5.81. The van der Waals surface area contributed by atoms with E-state index in [4.69, 9.17) is 4.98 Å². The summed E-state index contributed by atoms with van der Waals surface area (Å²) >= 11 is 0. The molecule has 0 saturated carbocycles. The lowest BCUT2D eigenvalue weighted by Crippen LogP contribution is -2.03. The van der Waals surface area contributed by atoms with Gasteiger partial charge in [-0.05, 0) is 41.7 Å². The normalized spacial score (nSPS) is 11.3. The standard InChI is InChI=1S/C23H23N3/c1-17(2)13-18-10-11-21-22(14-18)26(16-19-7-6-12-24-15-19)23(25-21)20-8-4-3-5-9-20/h3-12,14-15,17H,13,16H2,1-2H3. The topological polar surface area (TPSA) is 30.7 Å². The first-order valence-electron chi connectivity index (χ1n) is 9.14. The fourth-order valence-electron chi connectivity index (χ4n) is 3.41. The highest BCUT2D eigenvalue weighted by Crippen LogP contribution is 2.27. The van der Waals surface area contributed by atoms with Crippen LogP contribution in [0.1, 0.15) is 25.0 Å². The summed E-state index contributed by atoms with van der Waals surface area (Å²) in [7, 11) is 0. The van der Waals surface area contributed by atoms with Gasteiger partial charge in [0.2, 0.25) is 0 Å². The van der Waals surface area contributed by atoms with E-state index in [9.17, 15) is 0 Å². The fourth-order valence-corrected chi connectivity index (χ4v) is 3.41. The lowest BCUT2D eigenvalue weighted by atomic mass is 10.0. The maximum Gasteiger partial charge on any atom is 0.141 e. The van der Waals surface area contributed by atoms with Gasteiger partial charge in [-0.15, -0.1) is 0 Å². The maximum atomic E-state index is 4.94. The van der Waals surface area contributed by atoms with Gasteiger partial charge in [-0.1, -0.05) is 56.3 Å². The molecule has 4 aromatic rings. The second-order valence-corrected chi connectivity index (χ2v) is 7.17. The monoisotopic (exact) mass is 341 g/mol. The van der Waals surface area contributed by atoms with Crippen molar-refractivity contribution in [3.63, 3.8) is 0 Å². The molecule has 3 heteroatoms. The van der Waals surface area contributed by atoms with Gasteiger partial charge in [0, 0.05) is 18.0 Å². The lowest BCUT2D eigenvalue weighted by molar-refractivity contribution is 0.647. The van der Waals surface area contributed by atoms with Crippen LogP contribution < -0.4 is 0 Å². The molecule has 0 saturated heterocycles. The van der Waals surface area contributed by atoms with E-state index < -0.39 is 0 Å². The Balaban J connectivity index is 1.87. The van der Waals surface area contributed by atoms with Crippen molar-refractivity contribution >= 4 is 11.0 Å². The minimum atomic E-state index is 0.635. The second kappa shape index (κ2) is 7.12. The largest absolute Gasteiger partial charge is 0.319 e. The Morgan fingerprint density at radius 3 is 2.50 bits per heavy atom. The van der Waals surface area contributed by atoms with Crippen molar-refractivity contribution in [3.05, 3.63) is 84.2 Å². The quantitative estimate of drug-likeness (QED) is 0.490. The number of fused-ring (bicyclic) bond motifs is 1. The van der Waals surface area contributed by atoms with Crippen LogP contribution in [0.2, 0.25) is 0 Å². The predicted molar refractivity (Wildman–Crippen MR) is 107 cm³/mol. The third-order valence-corrected chi connectivity index (χ3v) is 4.55. The molecule has 0 N–H and O–H groups in total. The van der Waals surface area contributed by atoms with Gasteiger partial charge in [-0.3, -0.25) is 4.98 Å². The first-order chi connectivity index (χ1) is 12.7. The molecule has 0 aliphatic carbocycles. The van der Waals surface area contributed by atoms with Crippen LogP contribution in [0, 0.1) is 5.92 Å². The highest BCUT2D eigenvalue weighted by Gasteiger charge is 2.14. The third kappa shape index (κ3) is 3.38. The van der Waals surface area contributed by atoms with E-state index in [1.807, 2.05) is 24.5 Å². The Kier molecular flexibility index (Phi) is 4.53. The minimum absolute atomic E-state index is 0.635. The SMILES string of the molecule is CC(C)Cc1ccc2nc(-c3ccccc3)n(Cc3cccnc3)c2c1. The average molecular weight is 341 g/mol. The first-order valence-corrected chi connectivity index (χ1v) is 9.14. The highest BCUT2D eigenvalue weighted by atomic mass is 15.1. The number of hydrogen-bond acceptors (Lipinski definition) is 2. The van der Waals surface area contributed by atoms with E-state index >= 15 is 0 Å². The number of hydrogen-bond donors (Lipinski definition) is 0.